The molecule has 0 aliphatic carbocycles. The highest BCUT2D eigenvalue weighted by Gasteiger charge is 2.58. The van der Waals surface area contributed by atoms with Crippen LogP contribution in [0.25, 0.3) is 0 Å². The smallest absolute Gasteiger partial charge is 0.218 e. The zero-order valence-electron chi connectivity index (χ0n) is 40.4. The van der Waals surface area contributed by atoms with E-state index in [9.17, 15) is 107 Å². The monoisotopic (exact) mass is 1130 g/mol. The molecule has 17 heterocycles. The Labute approximate surface area is 434 Å². The lowest BCUT2D eigenvalue weighted by atomic mass is 9.95. The van der Waals surface area contributed by atoms with Gasteiger partial charge in [-0.1, -0.05) is 0 Å². The first-order chi connectivity index (χ1) is 36.6. The van der Waals surface area contributed by atoms with Crippen molar-refractivity contribution < 1.29 is 169 Å². The van der Waals surface area contributed by atoms with Gasteiger partial charge < -0.3 is 175 Å². The quantitative estimate of drug-likeness (QED) is 0.107. The summed E-state index contributed by atoms with van der Waals surface area (Å²) in [5.41, 5.74) is 5.86. The number of ether oxygens (including phenoxy) is 13. The van der Waals surface area contributed by atoms with E-state index in [0.717, 1.165) is 0 Å². The Balaban J connectivity index is 1.19. The minimum absolute atomic E-state index is 0.617. The molecular weight excluding hydrogens is 1060 g/mol. The van der Waals surface area contributed by atoms with Crippen molar-refractivity contribution in [1.29, 1.82) is 0 Å². The van der Waals surface area contributed by atoms with Gasteiger partial charge in [0.2, 0.25) is 6.29 Å². The molecule has 35 nitrogen and oxygen atoms in total. The van der Waals surface area contributed by atoms with Crippen LogP contribution >= 0.6 is 0 Å². The number of aliphatic hydroxyl groups excluding tert-OH is 21. The van der Waals surface area contributed by atoms with E-state index in [1.54, 1.807) is 0 Å². The molecular formula is C42H71NO34. The molecule has 6 saturated heterocycles. The highest BCUT2D eigenvalue weighted by molar-refractivity contribution is 5.09. The second kappa shape index (κ2) is 26.9. The van der Waals surface area contributed by atoms with Crippen molar-refractivity contribution in [2.45, 2.75) is 203 Å². The van der Waals surface area contributed by atoms with Crippen molar-refractivity contribution in [3.63, 3.8) is 0 Å². The van der Waals surface area contributed by atoms with Crippen LogP contribution in [0.4, 0.5) is 0 Å². The van der Waals surface area contributed by atoms with E-state index in [1.165, 1.54) is 0 Å². The van der Waals surface area contributed by atoms with E-state index >= 15 is 0 Å². The SMILES string of the molecule is NCC1OC2OC3C(CO)OC(OC4C(CO)OC(OC5C(CO)OC(OC6C(CO)OC(OC7C(CO)OC(OC(CCO)/C(O)=C(/O)C(O)OC1C(O)C2O)C(O)C7O)C(O)C6O)C(O)C5O)C(O)C4O)C(O)C3O. The first-order valence-electron chi connectivity index (χ1n) is 24.4. The zero-order valence-corrected chi connectivity index (χ0v) is 40.4. The number of hydrogen-bond acceptors (Lipinski definition) is 35. The molecule has 32 unspecified atom stereocenters. The van der Waals surface area contributed by atoms with Crippen LogP contribution in [0.15, 0.2) is 11.5 Å². The van der Waals surface area contributed by atoms with Crippen LogP contribution in [-0.2, 0) is 61.6 Å². The van der Waals surface area contributed by atoms with Gasteiger partial charge in [0, 0.05) is 19.6 Å². The summed E-state index contributed by atoms with van der Waals surface area (Å²) in [6.45, 7) is -6.72. The molecule has 0 aromatic carbocycles. The fourth-order valence-electron chi connectivity index (χ4n) is 9.87. The molecule has 0 amide bonds. The van der Waals surface area contributed by atoms with Crippen molar-refractivity contribution in [3.8, 4) is 0 Å². The standard InChI is InChI=1S/C42H71NO34/c43-3-10-30-17(51)25(59)38(66-10)73-32-12(5-46)68-40(26(60)19(32)53)75-34-14(7-48)70-42(28(62)21(34)55)77-35-15(8-49)71-41(29(63)22(35)56)76-33-13(6-47)69-39(27(61)20(33)54)74-31-11(4-45)67-37(24(58)18(31)52)65-9(1-2-44)16(50)23(57)36(64)72-30/h9-15,17-22,24-42,44-64H,1-8,43H2/b23-16-. The van der Waals surface area contributed by atoms with Crippen LogP contribution in [0, 0.1) is 0 Å². The highest BCUT2D eigenvalue weighted by Crippen LogP contribution is 2.38. The van der Waals surface area contributed by atoms with Gasteiger partial charge in [-0.05, 0) is 0 Å². The van der Waals surface area contributed by atoms with Crippen molar-refractivity contribution in [2.24, 2.45) is 5.73 Å². The number of fused-ring (bicyclic) bond motifs is 1. The Morgan fingerprint density at radius 2 is 0.519 bits per heavy atom. The predicted octanol–water partition coefficient (Wildman–Crippen LogP) is -13.7. The molecule has 0 spiro atoms. The molecule has 77 heavy (non-hydrogen) atoms. The van der Waals surface area contributed by atoms with E-state index < -0.39 is 261 Å². The van der Waals surface area contributed by atoms with Crippen LogP contribution < -0.4 is 5.73 Å². The summed E-state index contributed by atoms with van der Waals surface area (Å²) in [6, 6.07) is 0. The van der Waals surface area contributed by atoms with Crippen LogP contribution in [0.1, 0.15) is 6.42 Å². The maximum Gasteiger partial charge on any atom is 0.218 e. The molecule has 0 aromatic heterocycles. The molecule has 17 aliphatic heterocycles. The molecule has 448 valence electrons. The van der Waals surface area contributed by atoms with Crippen molar-refractivity contribution in [2.75, 3.05) is 46.2 Å². The Bertz CT molecular complexity index is 1860. The Morgan fingerprint density at radius 1 is 0.286 bits per heavy atom. The van der Waals surface area contributed by atoms with Crippen molar-refractivity contribution in [3.05, 3.63) is 11.5 Å². The minimum Gasteiger partial charge on any atom is -0.506 e. The largest absolute Gasteiger partial charge is 0.506 e. The van der Waals surface area contributed by atoms with E-state index in [2.05, 4.69) is 0 Å². The summed E-state index contributed by atoms with van der Waals surface area (Å²) >= 11 is 0. The molecule has 23 N–H and O–H groups in total. The Morgan fingerprint density at radius 3 is 0.753 bits per heavy atom. The minimum atomic E-state index is -2.65. The molecule has 32 atom stereocenters. The van der Waals surface area contributed by atoms with Gasteiger partial charge in [0.1, 0.15) is 153 Å². The van der Waals surface area contributed by atoms with Gasteiger partial charge in [0.05, 0.1) is 33.0 Å². The van der Waals surface area contributed by atoms with Crippen LogP contribution in [0.2, 0.25) is 0 Å². The molecule has 17 aliphatic rings. The second-order valence-electron chi connectivity index (χ2n) is 19.2. The van der Waals surface area contributed by atoms with Gasteiger partial charge in [-0.3, -0.25) is 0 Å². The fourth-order valence-corrected chi connectivity index (χ4v) is 9.87. The summed E-state index contributed by atoms with van der Waals surface area (Å²) in [5, 5.41) is 229. The number of aliphatic hydroxyl groups is 21. The fraction of sp³-hybridized carbons (Fsp3) is 0.952. The van der Waals surface area contributed by atoms with Gasteiger partial charge in [-0.2, -0.15) is 0 Å². The van der Waals surface area contributed by atoms with E-state index in [0.29, 0.717) is 0 Å². The summed E-state index contributed by atoms with van der Waals surface area (Å²) in [7, 11) is 0. The van der Waals surface area contributed by atoms with Crippen LogP contribution in [0.3, 0.4) is 0 Å². The van der Waals surface area contributed by atoms with Crippen molar-refractivity contribution in [1.82, 2.24) is 0 Å². The van der Waals surface area contributed by atoms with E-state index in [1.807, 2.05) is 0 Å². The maximum atomic E-state index is 11.3. The summed E-state index contributed by atoms with van der Waals surface area (Å²) in [5.74, 6) is -2.79. The van der Waals surface area contributed by atoms with Gasteiger partial charge in [0.15, 0.2) is 49.3 Å². The van der Waals surface area contributed by atoms with Gasteiger partial charge >= 0.3 is 0 Å². The first kappa shape index (κ1) is 62.6. The summed E-state index contributed by atoms with van der Waals surface area (Å²) in [6.07, 6.45) is -65.6. The summed E-state index contributed by atoms with van der Waals surface area (Å²) in [4.78, 5) is 0. The normalized spacial score (nSPS) is 52.9. The van der Waals surface area contributed by atoms with E-state index in [-0.39, 0.29) is 0 Å². The van der Waals surface area contributed by atoms with Crippen LogP contribution in [-0.4, -0.2) is 350 Å². The molecule has 0 aromatic rings. The number of hydrogen-bond donors (Lipinski definition) is 22. The topological polar surface area (TPSA) is 571 Å². The third-order valence-electron chi connectivity index (χ3n) is 14.2. The highest BCUT2D eigenvalue weighted by atomic mass is 16.8. The third kappa shape index (κ3) is 12.8. The molecule has 35 heteroatoms. The Hall–Kier alpha value is -1.98. The first-order valence-corrected chi connectivity index (χ1v) is 24.4. The molecule has 6 fully saturated rings. The number of rotatable bonds is 8. The van der Waals surface area contributed by atoms with Crippen molar-refractivity contribution >= 4 is 0 Å². The predicted molar refractivity (Wildman–Crippen MR) is 233 cm³/mol. The third-order valence-corrected chi connectivity index (χ3v) is 14.2. The van der Waals surface area contributed by atoms with Gasteiger partial charge in [0.25, 0.3) is 0 Å². The Kier molecular flexibility index (Phi) is 21.9. The molecule has 12 bridgehead atoms. The van der Waals surface area contributed by atoms with Gasteiger partial charge in [-0.25, -0.2) is 0 Å². The zero-order chi connectivity index (χ0) is 56.5. The average Bonchev–Trinajstić information content (AvgIpc) is 3.43. The molecule has 17 rings (SSSR count). The molecule has 0 saturated carbocycles. The lowest BCUT2D eigenvalue weighted by molar-refractivity contribution is -0.396. The lowest BCUT2D eigenvalue weighted by Gasteiger charge is -2.50. The average molecular weight is 1130 g/mol. The lowest BCUT2D eigenvalue weighted by Crippen LogP contribution is -2.68. The second-order valence-corrected chi connectivity index (χ2v) is 19.2. The number of nitrogens with two attached hydrogens (primary N) is 1. The summed E-state index contributed by atoms with van der Waals surface area (Å²) < 4.78 is 73.2. The maximum absolute atomic E-state index is 11.3. The van der Waals surface area contributed by atoms with Crippen LogP contribution in [0.5, 0.6) is 0 Å². The van der Waals surface area contributed by atoms with Gasteiger partial charge in [-0.15, -0.1) is 0 Å². The van der Waals surface area contributed by atoms with E-state index in [4.69, 9.17) is 67.3 Å². The molecule has 0 radical (unpaired) electrons.